The summed E-state index contributed by atoms with van der Waals surface area (Å²) in [6.07, 6.45) is -0.219. The molecule has 124 valence electrons. The number of halogens is 1. The van der Waals surface area contributed by atoms with Gasteiger partial charge in [-0.1, -0.05) is 54.1 Å². The number of furan rings is 1. The van der Waals surface area contributed by atoms with Crippen LogP contribution in [0.3, 0.4) is 0 Å². The first-order chi connectivity index (χ1) is 11.6. The van der Waals surface area contributed by atoms with E-state index in [4.69, 9.17) is 20.8 Å². The molecule has 0 fully saturated rings. The van der Waals surface area contributed by atoms with Gasteiger partial charge in [0.05, 0.1) is 11.1 Å². The minimum Gasteiger partial charge on any atom is -0.449 e. The lowest BCUT2D eigenvalue weighted by Gasteiger charge is -2.16. The molecule has 1 atom stereocenters. The number of rotatable bonds is 5. The van der Waals surface area contributed by atoms with E-state index in [9.17, 15) is 4.79 Å². The van der Waals surface area contributed by atoms with Crippen molar-refractivity contribution in [3.8, 4) is 0 Å². The molecule has 3 aromatic rings. The van der Waals surface area contributed by atoms with Gasteiger partial charge in [0.1, 0.15) is 0 Å². The molecule has 0 spiro atoms. The lowest BCUT2D eigenvalue weighted by molar-refractivity contribution is 0.0808. The number of fused-ring (bicyclic) bond motifs is 1. The van der Waals surface area contributed by atoms with E-state index >= 15 is 0 Å². The van der Waals surface area contributed by atoms with Crippen LogP contribution in [0.25, 0.3) is 11.0 Å². The molecular weight excluding hydrogens is 326 g/mol. The molecule has 4 nitrogen and oxygen atoms in total. The predicted octanol–water partition coefficient (Wildman–Crippen LogP) is 4.51. The molecule has 2 aromatic carbocycles. The highest BCUT2D eigenvalue weighted by molar-refractivity contribution is 6.35. The fourth-order valence-corrected chi connectivity index (χ4v) is 2.91. The Morgan fingerprint density at radius 2 is 1.96 bits per heavy atom. The SMILES string of the molecule is COC(CNC(=O)c1oc2c(Cl)cccc2c1C)c1ccccc1. The van der Waals surface area contributed by atoms with Crippen molar-refractivity contribution in [3.05, 3.63) is 70.4 Å². The van der Waals surface area contributed by atoms with E-state index in [1.54, 1.807) is 13.2 Å². The highest BCUT2D eigenvalue weighted by atomic mass is 35.5. The van der Waals surface area contributed by atoms with Crippen LogP contribution in [0.2, 0.25) is 5.02 Å². The zero-order valence-electron chi connectivity index (χ0n) is 13.5. The van der Waals surface area contributed by atoms with Crippen LogP contribution >= 0.6 is 11.6 Å². The Morgan fingerprint density at radius 1 is 1.21 bits per heavy atom. The summed E-state index contributed by atoms with van der Waals surface area (Å²) in [4.78, 5) is 12.5. The quantitative estimate of drug-likeness (QED) is 0.741. The number of carbonyl (C=O) groups is 1. The molecule has 1 heterocycles. The van der Waals surface area contributed by atoms with Crippen LogP contribution in [0.15, 0.2) is 52.9 Å². The van der Waals surface area contributed by atoms with E-state index in [1.807, 2.05) is 49.4 Å². The van der Waals surface area contributed by atoms with Gasteiger partial charge in [0.25, 0.3) is 5.91 Å². The number of ether oxygens (including phenoxy) is 1. The van der Waals surface area contributed by atoms with E-state index < -0.39 is 0 Å². The van der Waals surface area contributed by atoms with E-state index in [-0.39, 0.29) is 17.8 Å². The number of amides is 1. The monoisotopic (exact) mass is 343 g/mol. The van der Waals surface area contributed by atoms with Crippen molar-refractivity contribution in [2.45, 2.75) is 13.0 Å². The Kier molecular flexibility index (Phi) is 4.88. The fourth-order valence-electron chi connectivity index (χ4n) is 2.70. The Labute approximate surface area is 145 Å². The number of benzene rings is 2. The van der Waals surface area contributed by atoms with Crippen molar-refractivity contribution >= 4 is 28.5 Å². The highest BCUT2D eigenvalue weighted by Crippen LogP contribution is 2.30. The maximum atomic E-state index is 12.5. The number of aryl methyl sites for hydroxylation is 1. The number of hydrogen-bond donors (Lipinski definition) is 1. The normalized spacial score (nSPS) is 12.3. The van der Waals surface area contributed by atoms with Crippen molar-refractivity contribution in [2.75, 3.05) is 13.7 Å². The first-order valence-electron chi connectivity index (χ1n) is 7.65. The first-order valence-corrected chi connectivity index (χ1v) is 8.03. The van der Waals surface area contributed by atoms with Crippen molar-refractivity contribution in [1.82, 2.24) is 5.32 Å². The van der Waals surface area contributed by atoms with Crippen molar-refractivity contribution in [3.63, 3.8) is 0 Å². The van der Waals surface area contributed by atoms with Gasteiger partial charge in [-0.15, -0.1) is 0 Å². The molecule has 0 bridgehead atoms. The van der Waals surface area contributed by atoms with Crippen LogP contribution in [0.5, 0.6) is 0 Å². The number of carbonyl (C=O) groups excluding carboxylic acids is 1. The second-order valence-corrected chi connectivity index (χ2v) is 5.92. The molecule has 0 saturated carbocycles. The van der Waals surface area contributed by atoms with E-state index in [1.165, 1.54) is 0 Å². The molecule has 24 heavy (non-hydrogen) atoms. The van der Waals surface area contributed by atoms with E-state index in [0.29, 0.717) is 17.2 Å². The third kappa shape index (κ3) is 3.16. The molecule has 0 saturated heterocycles. The Hall–Kier alpha value is -2.30. The van der Waals surface area contributed by atoms with Crippen LogP contribution in [-0.2, 0) is 4.74 Å². The van der Waals surface area contributed by atoms with Crippen LogP contribution < -0.4 is 5.32 Å². The third-order valence-electron chi connectivity index (χ3n) is 4.03. The molecule has 0 aliphatic heterocycles. The standard InChI is InChI=1S/C19H18ClNO3/c1-12-14-9-6-10-15(20)18(14)24-17(12)19(22)21-11-16(23-2)13-7-4-3-5-8-13/h3-10,16H,11H2,1-2H3,(H,21,22). The van der Waals surface area contributed by atoms with Gasteiger partial charge in [-0.25, -0.2) is 0 Å². The van der Waals surface area contributed by atoms with Gasteiger partial charge in [0.2, 0.25) is 0 Å². The molecule has 1 aromatic heterocycles. The number of nitrogens with one attached hydrogen (secondary N) is 1. The van der Waals surface area contributed by atoms with Crippen LogP contribution in [-0.4, -0.2) is 19.6 Å². The lowest BCUT2D eigenvalue weighted by atomic mass is 10.1. The summed E-state index contributed by atoms with van der Waals surface area (Å²) < 4.78 is 11.1. The molecule has 5 heteroatoms. The smallest absolute Gasteiger partial charge is 0.287 e. The van der Waals surface area contributed by atoms with Crippen molar-refractivity contribution in [2.24, 2.45) is 0 Å². The summed E-state index contributed by atoms with van der Waals surface area (Å²) in [5.41, 5.74) is 2.32. The largest absolute Gasteiger partial charge is 0.449 e. The van der Waals surface area contributed by atoms with Gasteiger partial charge in [-0.05, 0) is 18.6 Å². The second-order valence-electron chi connectivity index (χ2n) is 5.52. The highest BCUT2D eigenvalue weighted by Gasteiger charge is 2.20. The predicted molar refractivity (Wildman–Crippen MR) is 94.5 cm³/mol. The van der Waals surface area contributed by atoms with Crippen molar-refractivity contribution in [1.29, 1.82) is 0 Å². The van der Waals surface area contributed by atoms with Crippen LogP contribution in [0.4, 0.5) is 0 Å². The summed E-state index contributed by atoms with van der Waals surface area (Å²) in [6, 6.07) is 15.2. The topological polar surface area (TPSA) is 51.5 Å². The maximum absolute atomic E-state index is 12.5. The van der Waals surface area contributed by atoms with Crippen LogP contribution in [0, 0.1) is 6.92 Å². The molecule has 3 rings (SSSR count). The number of para-hydroxylation sites is 1. The summed E-state index contributed by atoms with van der Waals surface area (Å²) in [5, 5.41) is 4.21. The van der Waals surface area contributed by atoms with Gasteiger partial charge in [0.15, 0.2) is 11.3 Å². The molecule has 0 aliphatic carbocycles. The van der Waals surface area contributed by atoms with Gasteiger partial charge < -0.3 is 14.5 Å². The van der Waals surface area contributed by atoms with Gasteiger partial charge >= 0.3 is 0 Å². The minimum atomic E-state index is -0.280. The zero-order chi connectivity index (χ0) is 17.1. The van der Waals surface area contributed by atoms with Crippen LogP contribution in [0.1, 0.15) is 27.8 Å². The molecule has 1 amide bonds. The summed E-state index contributed by atoms with van der Waals surface area (Å²) in [6.45, 7) is 2.20. The zero-order valence-corrected chi connectivity index (χ0v) is 14.3. The molecule has 0 radical (unpaired) electrons. The summed E-state index contributed by atoms with van der Waals surface area (Å²) in [5.74, 6) is -0.00115. The third-order valence-corrected chi connectivity index (χ3v) is 4.32. The first kappa shape index (κ1) is 16.6. The van der Waals surface area contributed by atoms with Crippen molar-refractivity contribution < 1.29 is 13.9 Å². The lowest BCUT2D eigenvalue weighted by Crippen LogP contribution is -2.29. The molecule has 1 unspecified atom stereocenters. The van der Waals surface area contributed by atoms with E-state index in [0.717, 1.165) is 16.5 Å². The number of hydrogen-bond acceptors (Lipinski definition) is 3. The Balaban J connectivity index is 1.78. The average molecular weight is 344 g/mol. The Bertz CT molecular complexity index is 858. The average Bonchev–Trinajstić information content (AvgIpc) is 2.95. The summed E-state index contributed by atoms with van der Waals surface area (Å²) >= 11 is 6.13. The number of methoxy groups -OCH3 is 1. The molecular formula is C19H18ClNO3. The second kappa shape index (κ2) is 7.07. The van der Waals surface area contributed by atoms with E-state index in [2.05, 4.69) is 5.32 Å². The molecule has 0 aliphatic rings. The van der Waals surface area contributed by atoms with Gasteiger partial charge in [-0.3, -0.25) is 4.79 Å². The minimum absolute atomic E-state index is 0.219. The fraction of sp³-hybridized carbons (Fsp3) is 0.211. The van der Waals surface area contributed by atoms with Gasteiger partial charge in [0, 0.05) is 24.6 Å². The summed E-state index contributed by atoms with van der Waals surface area (Å²) in [7, 11) is 1.62. The van der Waals surface area contributed by atoms with Gasteiger partial charge in [-0.2, -0.15) is 0 Å². The molecule has 1 N–H and O–H groups in total. The Morgan fingerprint density at radius 3 is 2.62 bits per heavy atom. The maximum Gasteiger partial charge on any atom is 0.287 e.